The number of hydrogen-bond acceptors (Lipinski definition) is 6. The third-order valence-electron chi connectivity index (χ3n) is 2.34. The molecule has 2 N–H and O–H groups in total. The molecule has 8 heteroatoms. The van der Waals surface area contributed by atoms with Crippen LogP contribution in [0.3, 0.4) is 0 Å². The van der Waals surface area contributed by atoms with Gasteiger partial charge in [0, 0.05) is 9.40 Å². The molecule has 2 aromatic heterocycles. The Hall–Kier alpha value is -0.510. The van der Waals surface area contributed by atoms with Gasteiger partial charge in [-0.15, -0.1) is 22.7 Å². The molecule has 1 aliphatic rings. The number of hydrogen-bond donors (Lipinski definition) is 1. The largest absolute Gasteiger partial charge is 0.345 e. The molecule has 0 aromatic carbocycles. The van der Waals surface area contributed by atoms with Gasteiger partial charge in [0.2, 0.25) is 10.0 Å². The van der Waals surface area contributed by atoms with Crippen molar-refractivity contribution in [3.05, 3.63) is 17.0 Å². The summed E-state index contributed by atoms with van der Waals surface area (Å²) in [5, 5.41) is 5.08. The number of ether oxygens (including phenoxy) is 2. The molecule has 0 bridgehead atoms. The number of thiophene rings is 2. The topological polar surface area (TPSA) is 78.6 Å². The van der Waals surface area contributed by atoms with E-state index in [1.165, 1.54) is 22.7 Å². The highest BCUT2D eigenvalue weighted by atomic mass is 32.2. The van der Waals surface area contributed by atoms with Crippen LogP contribution in [0.2, 0.25) is 0 Å². The van der Waals surface area contributed by atoms with Crippen LogP contribution in [0, 0.1) is 0 Å². The molecule has 3 rings (SSSR count). The SMILES string of the molecule is NS(=O)(=O)c1cc2sc(C3OCCO3)cc2s1. The zero-order valence-electron chi connectivity index (χ0n) is 8.58. The Labute approximate surface area is 106 Å². The first-order chi connectivity index (χ1) is 8.04. The van der Waals surface area contributed by atoms with Crippen LogP contribution in [0.1, 0.15) is 11.2 Å². The van der Waals surface area contributed by atoms with Crippen molar-refractivity contribution in [2.45, 2.75) is 10.5 Å². The van der Waals surface area contributed by atoms with Crippen LogP contribution in [-0.4, -0.2) is 21.6 Å². The smallest absolute Gasteiger partial charge is 0.247 e. The third kappa shape index (κ3) is 2.12. The van der Waals surface area contributed by atoms with Gasteiger partial charge in [0.05, 0.1) is 18.1 Å². The number of nitrogens with two attached hydrogens (primary N) is 1. The van der Waals surface area contributed by atoms with E-state index in [4.69, 9.17) is 14.6 Å². The van der Waals surface area contributed by atoms with Crippen LogP contribution in [0.25, 0.3) is 9.40 Å². The molecular formula is C9H9NO4S3. The van der Waals surface area contributed by atoms with Crippen molar-refractivity contribution in [2.24, 2.45) is 5.14 Å². The molecule has 17 heavy (non-hydrogen) atoms. The third-order valence-corrected chi connectivity index (χ3v) is 6.07. The fourth-order valence-corrected chi connectivity index (χ4v) is 4.84. The van der Waals surface area contributed by atoms with Crippen LogP contribution in [-0.2, 0) is 19.5 Å². The summed E-state index contributed by atoms with van der Waals surface area (Å²) in [6.07, 6.45) is -0.308. The van der Waals surface area contributed by atoms with E-state index in [0.29, 0.717) is 13.2 Å². The van der Waals surface area contributed by atoms with Crippen molar-refractivity contribution in [1.29, 1.82) is 0 Å². The summed E-state index contributed by atoms with van der Waals surface area (Å²) in [4.78, 5) is 0.963. The van der Waals surface area contributed by atoms with Crippen molar-refractivity contribution in [1.82, 2.24) is 0 Å². The molecule has 0 atom stereocenters. The predicted octanol–water partition coefficient (Wildman–Crippen LogP) is 1.66. The molecule has 0 radical (unpaired) electrons. The minimum atomic E-state index is -3.60. The van der Waals surface area contributed by atoms with Crippen LogP contribution >= 0.6 is 22.7 Å². The molecule has 0 unspecified atom stereocenters. The summed E-state index contributed by atoms with van der Waals surface area (Å²) < 4.78 is 35.1. The van der Waals surface area contributed by atoms with Gasteiger partial charge in [0.15, 0.2) is 6.29 Å². The van der Waals surface area contributed by atoms with Gasteiger partial charge in [0.25, 0.3) is 0 Å². The lowest BCUT2D eigenvalue weighted by Crippen LogP contribution is -2.09. The van der Waals surface area contributed by atoms with E-state index in [1.807, 2.05) is 6.07 Å². The number of sulfonamides is 1. The molecular weight excluding hydrogens is 282 g/mol. The molecule has 0 spiro atoms. The minimum absolute atomic E-state index is 0.193. The molecule has 3 heterocycles. The second-order valence-corrected chi connectivity index (χ2v) is 7.55. The maximum Gasteiger partial charge on any atom is 0.247 e. The van der Waals surface area contributed by atoms with E-state index in [2.05, 4.69) is 0 Å². The first-order valence-electron chi connectivity index (χ1n) is 4.83. The van der Waals surface area contributed by atoms with Gasteiger partial charge < -0.3 is 9.47 Å². The molecule has 0 amide bonds. The molecule has 2 aromatic rings. The van der Waals surface area contributed by atoms with Crippen molar-refractivity contribution in [3.8, 4) is 0 Å². The molecule has 1 fully saturated rings. The Bertz CT molecular complexity index is 619. The van der Waals surface area contributed by atoms with Crippen LogP contribution in [0.15, 0.2) is 16.3 Å². The fraction of sp³-hybridized carbons (Fsp3) is 0.333. The molecule has 0 saturated carbocycles. The summed E-state index contributed by atoms with van der Waals surface area (Å²) >= 11 is 2.64. The van der Waals surface area contributed by atoms with Crippen LogP contribution in [0.4, 0.5) is 0 Å². The van der Waals surface area contributed by atoms with E-state index >= 15 is 0 Å². The lowest BCUT2D eigenvalue weighted by molar-refractivity contribution is -0.0412. The second kappa shape index (κ2) is 4.01. The Morgan fingerprint density at radius 3 is 2.41 bits per heavy atom. The van der Waals surface area contributed by atoms with Gasteiger partial charge in [-0.25, -0.2) is 13.6 Å². The van der Waals surface area contributed by atoms with Gasteiger partial charge in [-0.2, -0.15) is 0 Å². The Kier molecular flexibility index (Phi) is 2.73. The monoisotopic (exact) mass is 291 g/mol. The Morgan fingerprint density at radius 2 is 1.82 bits per heavy atom. The van der Waals surface area contributed by atoms with E-state index < -0.39 is 10.0 Å². The summed E-state index contributed by atoms with van der Waals surface area (Å²) in [5.74, 6) is 0. The molecule has 1 saturated heterocycles. The lowest BCUT2D eigenvalue weighted by atomic mass is 10.4. The average molecular weight is 291 g/mol. The Morgan fingerprint density at radius 1 is 1.18 bits per heavy atom. The predicted molar refractivity (Wildman–Crippen MR) is 65.7 cm³/mol. The van der Waals surface area contributed by atoms with Crippen molar-refractivity contribution in [3.63, 3.8) is 0 Å². The highest BCUT2D eigenvalue weighted by Crippen LogP contribution is 2.39. The van der Waals surface area contributed by atoms with Crippen molar-refractivity contribution in [2.75, 3.05) is 13.2 Å². The molecule has 92 valence electrons. The average Bonchev–Trinajstić information content (AvgIpc) is 2.90. The first kappa shape index (κ1) is 11.6. The zero-order chi connectivity index (χ0) is 12.0. The summed E-state index contributed by atoms with van der Waals surface area (Å²) in [6.45, 7) is 1.19. The first-order valence-corrected chi connectivity index (χ1v) is 8.01. The molecule has 0 aliphatic carbocycles. The summed E-state index contributed by atoms with van der Waals surface area (Å²) in [7, 11) is -3.60. The van der Waals surface area contributed by atoms with Crippen LogP contribution < -0.4 is 5.14 Å². The van der Waals surface area contributed by atoms with Gasteiger partial charge in [-0.3, -0.25) is 0 Å². The van der Waals surface area contributed by atoms with Gasteiger partial charge >= 0.3 is 0 Å². The second-order valence-electron chi connectivity index (χ2n) is 3.56. The summed E-state index contributed by atoms with van der Waals surface area (Å²) in [6, 6.07) is 3.49. The van der Waals surface area contributed by atoms with Crippen molar-refractivity contribution >= 4 is 42.1 Å². The molecule has 1 aliphatic heterocycles. The van der Waals surface area contributed by atoms with Crippen molar-refractivity contribution < 1.29 is 17.9 Å². The standard InChI is InChI=1S/C9H9NO4S3/c10-17(11,12)8-4-6-5(16-8)3-7(15-6)9-13-1-2-14-9/h3-4,9H,1-2H2,(H2,10,11,12). The highest BCUT2D eigenvalue weighted by Gasteiger charge is 2.22. The minimum Gasteiger partial charge on any atom is -0.345 e. The van der Waals surface area contributed by atoms with E-state index in [0.717, 1.165) is 14.3 Å². The fourth-order valence-electron chi connectivity index (χ4n) is 1.61. The number of primary sulfonamides is 1. The van der Waals surface area contributed by atoms with Gasteiger partial charge in [-0.05, 0) is 12.1 Å². The van der Waals surface area contributed by atoms with Gasteiger partial charge in [-0.1, -0.05) is 0 Å². The van der Waals surface area contributed by atoms with E-state index in [1.54, 1.807) is 6.07 Å². The summed E-state index contributed by atoms with van der Waals surface area (Å²) in [5.41, 5.74) is 0. The van der Waals surface area contributed by atoms with E-state index in [9.17, 15) is 8.42 Å². The number of fused-ring (bicyclic) bond motifs is 1. The maximum atomic E-state index is 11.2. The van der Waals surface area contributed by atoms with E-state index in [-0.39, 0.29) is 10.5 Å². The van der Waals surface area contributed by atoms with Gasteiger partial charge in [0.1, 0.15) is 4.21 Å². The highest BCUT2D eigenvalue weighted by molar-refractivity contribution is 7.91. The zero-order valence-corrected chi connectivity index (χ0v) is 11.0. The Balaban J connectivity index is 2.01. The normalized spacial score (nSPS) is 18.2. The lowest BCUT2D eigenvalue weighted by Gasteiger charge is -2.04. The maximum absolute atomic E-state index is 11.2. The number of rotatable bonds is 2. The molecule has 5 nitrogen and oxygen atoms in total. The quantitative estimate of drug-likeness (QED) is 0.912. The van der Waals surface area contributed by atoms with Crippen LogP contribution in [0.5, 0.6) is 0 Å².